The van der Waals surface area contributed by atoms with Crippen molar-refractivity contribution in [1.82, 2.24) is 19.6 Å². The molecule has 3 fully saturated rings. The van der Waals surface area contributed by atoms with Crippen molar-refractivity contribution < 1.29 is 8.42 Å². The smallest absolute Gasteiger partial charge is 0.211 e. The lowest BCUT2D eigenvalue weighted by Gasteiger charge is -2.55. The van der Waals surface area contributed by atoms with Gasteiger partial charge < -0.3 is 9.80 Å². The van der Waals surface area contributed by atoms with Gasteiger partial charge in [-0.25, -0.2) is 23.1 Å². The summed E-state index contributed by atoms with van der Waals surface area (Å²) in [5.74, 6) is 1.95. The van der Waals surface area contributed by atoms with Gasteiger partial charge in [-0.3, -0.25) is 0 Å². The molecule has 3 aliphatic rings. The topological polar surface area (TPSA) is 78.4 Å². The van der Waals surface area contributed by atoms with Crippen LogP contribution in [0.4, 0.5) is 5.82 Å². The lowest BCUT2D eigenvalue weighted by Crippen LogP contribution is -2.61. The fourth-order valence-electron chi connectivity index (χ4n) is 7.04. The molecule has 2 aliphatic heterocycles. The zero-order valence-corrected chi connectivity index (χ0v) is 24.6. The molecular formula is C32H43N5O2S. The molecule has 1 aromatic heterocycles. The third kappa shape index (κ3) is 6.34. The molecule has 7 nitrogen and oxygen atoms in total. The van der Waals surface area contributed by atoms with Gasteiger partial charge in [0.1, 0.15) is 12.1 Å². The summed E-state index contributed by atoms with van der Waals surface area (Å²) < 4.78 is 26.7. The van der Waals surface area contributed by atoms with Crippen LogP contribution in [0.3, 0.4) is 0 Å². The minimum Gasteiger partial charge on any atom is -0.355 e. The minimum absolute atomic E-state index is 0.129. The lowest BCUT2D eigenvalue weighted by molar-refractivity contribution is 0.0621. The zero-order chi connectivity index (χ0) is 27.6. The van der Waals surface area contributed by atoms with Gasteiger partial charge in [0.15, 0.2) is 0 Å². The number of aromatic nitrogens is 2. The SMILES string of the molecule is CCS(=O)(=O)N[C@H]1CC[C@H](CN2CCC3(CC2)CN(c2ncnc4ccc(CCc5ccccc5)cc24)C3)CC1. The molecule has 1 N–H and O–H groups in total. The summed E-state index contributed by atoms with van der Waals surface area (Å²) in [5, 5.41) is 1.18. The van der Waals surface area contributed by atoms with E-state index in [1.807, 2.05) is 0 Å². The molecule has 1 spiro atoms. The van der Waals surface area contributed by atoms with Crippen LogP contribution in [0.15, 0.2) is 54.9 Å². The highest BCUT2D eigenvalue weighted by Crippen LogP contribution is 2.44. The average molecular weight is 562 g/mol. The number of benzene rings is 2. The van der Waals surface area contributed by atoms with E-state index in [0.29, 0.717) is 11.3 Å². The van der Waals surface area contributed by atoms with Crippen molar-refractivity contribution in [3.05, 3.63) is 66.0 Å². The van der Waals surface area contributed by atoms with E-state index in [1.165, 1.54) is 42.4 Å². The van der Waals surface area contributed by atoms with Crippen LogP contribution in [0, 0.1) is 11.3 Å². The van der Waals surface area contributed by atoms with Crippen LogP contribution in [0.1, 0.15) is 56.6 Å². The van der Waals surface area contributed by atoms with Crippen molar-refractivity contribution in [1.29, 1.82) is 0 Å². The van der Waals surface area contributed by atoms with Crippen LogP contribution in [-0.2, 0) is 22.9 Å². The number of aryl methyl sites for hydroxylation is 2. The van der Waals surface area contributed by atoms with Crippen LogP contribution in [0.2, 0.25) is 0 Å². The molecule has 0 atom stereocenters. The Morgan fingerprint density at radius 3 is 2.38 bits per heavy atom. The van der Waals surface area contributed by atoms with Gasteiger partial charge in [0.2, 0.25) is 10.0 Å². The van der Waals surface area contributed by atoms with Crippen LogP contribution in [0.5, 0.6) is 0 Å². The first kappa shape index (κ1) is 27.6. The molecule has 2 saturated heterocycles. The second-order valence-corrected chi connectivity index (χ2v) is 14.5. The normalized spacial score (nSPS) is 23.4. The van der Waals surface area contributed by atoms with Crippen molar-refractivity contribution in [3.63, 3.8) is 0 Å². The Kier molecular flexibility index (Phi) is 8.11. The molecular weight excluding hydrogens is 518 g/mol. The highest BCUT2D eigenvalue weighted by Gasteiger charge is 2.46. The standard InChI is InChI=1S/C32H43N5O2S/c1-2-40(38,39)35-28-13-10-27(11-14-28)21-36-18-16-32(17-19-36)22-37(23-32)31-29-20-26(12-15-30(29)33-24-34-31)9-8-25-6-4-3-5-7-25/h3-7,12,15,20,24,27-28,35H,2,8-11,13-14,16-19,21-23H2,1H3/t27-,28-. The first-order valence-electron chi connectivity index (χ1n) is 15.2. The van der Waals surface area contributed by atoms with Crippen LogP contribution in [-0.4, -0.2) is 67.8 Å². The van der Waals surface area contributed by atoms with Crippen molar-refractivity contribution >= 4 is 26.7 Å². The van der Waals surface area contributed by atoms with E-state index in [1.54, 1.807) is 13.3 Å². The van der Waals surface area contributed by atoms with Crippen molar-refractivity contribution in [2.45, 2.75) is 64.3 Å². The number of piperidine rings is 1. The quantitative estimate of drug-likeness (QED) is 0.404. The molecule has 40 heavy (non-hydrogen) atoms. The summed E-state index contributed by atoms with van der Waals surface area (Å²) in [4.78, 5) is 14.4. The van der Waals surface area contributed by atoms with E-state index < -0.39 is 10.0 Å². The number of rotatable bonds is 9. The maximum atomic E-state index is 11.9. The molecule has 214 valence electrons. The van der Waals surface area contributed by atoms with Crippen molar-refractivity contribution in [3.8, 4) is 0 Å². The Bertz CT molecular complexity index is 1390. The summed E-state index contributed by atoms with van der Waals surface area (Å²) in [6, 6.07) is 17.5. The summed E-state index contributed by atoms with van der Waals surface area (Å²) >= 11 is 0. The number of likely N-dealkylation sites (tertiary alicyclic amines) is 1. The van der Waals surface area contributed by atoms with E-state index in [9.17, 15) is 8.42 Å². The number of hydrogen-bond acceptors (Lipinski definition) is 6. The zero-order valence-electron chi connectivity index (χ0n) is 23.8. The van der Waals surface area contributed by atoms with Crippen LogP contribution >= 0.6 is 0 Å². The molecule has 0 amide bonds. The Hall–Kier alpha value is -2.55. The molecule has 3 heterocycles. The van der Waals surface area contributed by atoms with Crippen molar-refractivity contribution in [2.24, 2.45) is 11.3 Å². The van der Waals surface area contributed by atoms with Gasteiger partial charge in [-0.2, -0.15) is 0 Å². The third-order valence-electron chi connectivity index (χ3n) is 9.58. The van der Waals surface area contributed by atoms with Gasteiger partial charge >= 0.3 is 0 Å². The Morgan fingerprint density at radius 2 is 1.65 bits per heavy atom. The highest BCUT2D eigenvalue weighted by atomic mass is 32.2. The summed E-state index contributed by atoms with van der Waals surface area (Å²) in [6.45, 7) is 7.39. The van der Waals surface area contributed by atoms with Crippen LogP contribution < -0.4 is 9.62 Å². The number of hydrogen-bond donors (Lipinski definition) is 1. The Morgan fingerprint density at radius 1 is 0.925 bits per heavy atom. The number of nitrogens with one attached hydrogen (secondary N) is 1. The predicted molar refractivity (Wildman–Crippen MR) is 162 cm³/mol. The Balaban J connectivity index is 1.00. The molecule has 0 bridgehead atoms. The largest absolute Gasteiger partial charge is 0.355 e. The molecule has 1 saturated carbocycles. The van der Waals surface area contributed by atoms with E-state index in [-0.39, 0.29) is 11.8 Å². The first-order chi connectivity index (χ1) is 19.4. The lowest BCUT2D eigenvalue weighted by atomic mass is 9.71. The fraction of sp³-hybridized carbons (Fsp3) is 0.562. The first-order valence-corrected chi connectivity index (χ1v) is 16.8. The second-order valence-electron chi connectivity index (χ2n) is 12.4. The summed E-state index contributed by atoms with van der Waals surface area (Å²) in [6.07, 6.45) is 10.5. The van der Waals surface area contributed by atoms with Gasteiger partial charge in [-0.1, -0.05) is 36.4 Å². The number of fused-ring (bicyclic) bond motifs is 1. The predicted octanol–water partition coefficient (Wildman–Crippen LogP) is 4.82. The minimum atomic E-state index is -3.10. The molecule has 0 radical (unpaired) electrons. The van der Waals surface area contributed by atoms with Gasteiger partial charge in [-0.05, 0) is 101 Å². The average Bonchev–Trinajstić information content (AvgIpc) is 2.96. The van der Waals surface area contributed by atoms with E-state index in [2.05, 4.69) is 68.0 Å². The van der Waals surface area contributed by atoms with Crippen molar-refractivity contribution in [2.75, 3.05) is 43.4 Å². The Labute approximate surface area is 239 Å². The van der Waals surface area contributed by atoms with E-state index >= 15 is 0 Å². The number of sulfonamides is 1. The molecule has 1 aliphatic carbocycles. The highest BCUT2D eigenvalue weighted by molar-refractivity contribution is 7.89. The monoisotopic (exact) mass is 561 g/mol. The summed E-state index contributed by atoms with van der Waals surface area (Å²) in [7, 11) is -3.10. The number of anilines is 1. The maximum absolute atomic E-state index is 11.9. The molecule has 3 aromatic rings. The summed E-state index contributed by atoms with van der Waals surface area (Å²) in [5.41, 5.74) is 4.15. The molecule has 6 rings (SSSR count). The fourth-order valence-corrected chi connectivity index (χ4v) is 7.95. The third-order valence-corrected chi connectivity index (χ3v) is 11.0. The van der Waals surface area contributed by atoms with E-state index in [4.69, 9.17) is 4.98 Å². The van der Waals surface area contributed by atoms with Crippen LogP contribution in [0.25, 0.3) is 10.9 Å². The van der Waals surface area contributed by atoms with Gasteiger partial charge in [0, 0.05) is 36.5 Å². The number of nitrogens with zero attached hydrogens (tertiary/aromatic N) is 4. The molecule has 0 unspecified atom stereocenters. The second kappa shape index (κ2) is 11.7. The maximum Gasteiger partial charge on any atom is 0.211 e. The molecule has 2 aromatic carbocycles. The van der Waals surface area contributed by atoms with Gasteiger partial charge in [0.05, 0.1) is 11.3 Å². The van der Waals surface area contributed by atoms with Gasteiger partial charge in [0.25, 0.3) is 0 Å². The molecule has 8 heteroatoms. The van der Waals surface area contributed by atoms with Gasteiger partial charge in [-0.15, -0.1) is 0 Å². The van der Waals surface area contributed by atoms with E-state index in [0.717, 1.165) is 69.5 Å².